The van der Waals surface area contributed by atoms with Crippen molar-refractivity contribution in [3.8, 4) is 11.5 Å². The van der Waals surface area contributed by atoms with Gasteiger partial charge < -0.3 is 20.1 Å². The van der Waals surface area contributed by atoms with E-state index in [4.69, 9.17) is 9.47 Å². The Kier molecular flexibility index (Phi) is 9.31. The van der Waals surface area contributed by atoms with Gasteiger partial charge in [-0.05, 0) is 57.5 Å². The summed E-state index contributed by atoms with van der Waals surface area (Å²) in [5.74, 6) is 1.17. The lowest BCUT2D eigenvalue weighted by Gasteiger charge is -2.23. The molecular formula is C18H27ClN2O4. The second kappa shape index (κ2) is 10.9. The number of ketones is 1. The van der Waals surface area contributed by atoms with E-state index < -0.39 is 0 Å². The van der Waals surface area contributed by atoms with Crippen LogP contribution in [0, 0.1) is 0 Å². The summed E-state index contributed by atoms with van der Waals surface area (Å²) in [6.45, 7) is 3.86. The number of rotatable bonds is 8. The average Bonchev–Trinajstić information content (AvgIpc) is 2.59. The second-order valence-corrected chi connectivity index (χ2v) is 5.97. The minimum Gasteiger partial charge on any atom is -0.493 e. The minimum absolute atomic E-state index is 0. The zero-order valence-corrected chi connectivity index (χ0v) is 15.6. The highest BCUT2D eigenvalue weighted by atomic mass is 35.5. The van der Waals surface area contributed by atoms with Crippen molar-refractivity contribution in [2.24, 2.45) is 0 Å². The summed E-state index contributed by atoms with van der Waals surface area (Å²) >= 11 is 0. The standard InChI is InChI=1S/C18H26N2O4.ClH/c1-13(21)14-5-6-16(17(12-14)23-2)24-11-3-4-18(22)20-15-7-9-19-10-8-15;/h5-6,12,15,19H,3-4,7-11H2,1-2H3,(H,20,22);1H. The number of piperidine rings is 1. The van der Waals surface area contributed by atoms with Crippen molar-refractivity contribution in [1.29, 1.82) is 0 Å². The molecule has 0 aliphatic carbocycles. The van der Waals surface area contributed by atoms with Crippen molar-refractivity contribution in [3.63, 3.8) is 0 Å². The van der Waals surface area contributed by atoms with E-state index in [1.807, 2.05) is 0 Å². The number of nitrogens with one attached hydrogen (secondary N) is 2. The van der Waals surface area contributed by atoms with E-state index in [-0.39, 0.29) is 24.1 Å². The van der Waals surface area contributed by atoms with E-state index in [0.717, 1.165) is 25.9 Å². The van der Waals surface area contributed by atoms with Gasteiger partial charge in [0, 0.05) is 18.0 Å². The molecule has 2 N–H and O–H groups in total. The van der Waals surface area contributed by atoms with Gasteiger partial charge in [-0.25, -0.2) is 0 Å². The molecule has 0 unspecified atom stereocenters. The van der Waals surface area contributed by atoms with E-state index in [0.29, 0.717) is 42.6 Å². The van der Waals surface area contributed by atoms with Crippen molar-refractivity contribution in [2.45, 2.75) is 38.6 Å². The fraction of sp³-hybridized carbons (Fsp3) is 0.556. The van der Waals surface area contributed by atoms with Crippen LogP contribution in [0.1, 0.15) is 43.0 Å². The smallest absolute Gasteiger partial charge is 0.220 e. The molecule has 1 aromatic carbocycles. The summed E-state index contributed by atoms with van der Waals surface area (Å²) in [5.41, 5.74) is 0.584. The zero-order valence-electron chi connectivity index (χ0n) is 14.8. The number of hydrogen-bond donors (Lipinski definition) is 2. The first-order chi connectivity index (χ1) is 11.6. The van der Waals surface area contributed by atoms with Gasteiger partial charge in [0.1, 0.15) is 0 Å². The summed E-state index contributed by atoms with van der Waals surface area (Å²) in [6, 6.07) is 5.40. The van der Waals surface area contributed by atoms with Crippen LogP contribution < -0.4 is 20.1 Å². The predicted molar refractivity (Wildman–Crippen MR) is 99.0 cm³/mol. The normalized spacial score (nSPS) is 14.3. The number of amides is 1. The maximum absolute atomic E-state index is 11.9. The van der Waals surface area contributed by atoms with Gasteiger partial charge in [0.15, 0.2) is 17.3 Å². The topological polar surface area (TPSA) is 76.7 Å². The molecule has 1 aliphatic heterocycles. The third-order valence-electron chi connectivity index (χ3n) is 4.08. The molecule has 1 aliphatic rings. The Labute approximate surface area is 155 Å². The summed E-state index contributed by atoms with van der Waals surface area (Å²) < 4.78 is 10.9. The van der Waals surface area contributed by atoms with Crippen LogP contribution in [0.25, 0.3) is 0 Å². The van der Waals surface area contributed by atoms with Crippen LogP contribution in [-0.4, -0.2) is 44.5 Å². The first kappa shape index (κ1) is 21.3. The highest BCUT2D eigenvalue weighted by Crippen LogP contribution is 2.28. The van der Waals surface area contributed by atoms with Gasteiger partial charge in [-0.1, -0.05) is 0 Å². The fourth-order valence-electron chi connectivity index (χ4n) is 2.69. The molecule has 25 heavy (non-hydrogen) atoms. The number of carbonyl (C=O) groups is 2. The van der Waals surface area contributed by atoms with Crippen molar-refractivity contribution in [2.75, 3.05) is 26.8 Å². The highest BCUT2D eigenvalue weighted by molar-refractivity contribution is 5.94. The van der Waals surface area contributed by atoms with Crippen molar-refractivity contribution < 1.29 is 19.1 Å². The van der Waals surface area contributed by atoms with Gasteiger partial charge >= 0.3 is 0 Å². The van der Waals surface area contributed by atoms with Crippen LogP contribution in [0.2, 0.25) is 0 Å². The number of Topliss-reactive ketones (excluding diaryl/α,β-unsaturated/α-hetero) is 1. The number of benzene rings is 1. The molecule has 0 bridgehead atoms. The van der Waals surface area contributed by atoms with E-state index in [9.17, 15) is 9.59 Å². The summed E-state index contributed by atoms with van der Waals surface area (Å²) in [7, 11) is 1.54. The first-order valence-corrected chi connectivity index (χ1v) is 8.42. The first-order valence-electron chi connectivity index (χ1n) is 8.42. The molecule has 1 fully saturated rings. The van der Waals surface area contributed by atoms with Gasteiger partial charge in [0.2, 0.25) is 5.91 Å². The van der Waals surface area contributed by atoms with E-state index >= 15 is 0 Å². The lowest BCUT2D eigenvalue weighted by Crippen LogP contribution is -2.42. The molecule has 0 spiro atoms. The molecule has 0 saturated carbocycles. The fourth-order valence-corrected chi connectivity index (χ4v) is 2.69. The van der Waals surface area contributed by atoms with Gasteiger partial charge in [0.05, 0.1) is 13.7 Å². The molecule has 140 valence electrons. The number of methoxy groups -OCH3 is 1. The van der Waals surface area contributed by atoms with Crippen LogP contribution in [-0.2, 0) is 4.79 Å². The molecule has 1 heterocycles. The van der Waals surface area contributed by atoms with Crippen LogP contribution in [0.3, 0.4) is 0 Å². The van der Waals surface area contributed by atoms with E-state index in [1.165, 1.54) is 6.92 Å². The molecule has 0 aromatic heterocycles. The third-order valence-corrected chi connectivity index (χ3v) is 4.08. The Morgan fingerprint density at radius 1 is 1.24 bits per heavy atom. The lowest BCUT2D eigenvalue weighted by molar-refractivity contribution is -0.122. The second-order valence-electron chi connectivity index (χ2n) is 5.97. The average molecular weight is 371 g/mol. The van der Waals surface area contributed by atoms with Crippen LogP contribution >= 0.6 is 12.4 Å². The van der Waals surface area contributed by atoms with E-state index in [2.05, 4.69) is 10.6 Å². The Morgan fingerprint density at radius 2 is 1.96 bits per heavy atom. The van der Waals surface area contributed by atoms with Gasteiger partial charge in [-0.2, -0.15) is 0 Å². The van der Waals surface area contributed by atoms with Crippen molar-refractivity contribution in [1.82, 2.24) is 10.6 Å². The van der Waals surface area contributed by atoms with Gasteiger partial charge in [-0.3, -0.25) is 9.59 Å². The number of halogens is 1. The molecular weight excluding hydrogens is 344 g/mol. The Hall–Kier alpha value is -1.79. The zero-order chi connectivity index (χ0) is 17.4. The van der Waals surface area contributed by atoms with Crippen LogP contribution in [0.4, 0.5) is 0 Å². The van der Waals surface area contributed by atoms with Gasteiger partial charge in [-0.15, -0.1) is 12.4 Å². The third kappa shape index (κ3) is 6.92. The number of hydrogen-bond acceptors (Lipinski definition) is 5. The van der Waals surface area contributed by atoms with Crippen LogP contribution in [0.15, 0.2) is 18.2 Å². The molecule has 1 aromatic rings. The monoisotopic (exact) mass is 370 g/mol. The predicted octanol–water partition coefficient (Wildman–Crippen LogP) is 2.35. The van der Waals surface area contributed by atoms with Crippen molar-refractivity contribution in [3.05, 3.63) is 23.8 Å². The molecule has 0 radical (unpaired) electrons. The van der Waals surface area contributed by atoms with Crippen LogP contribution in [0.5, 0.6) is 11.5 Å². The molecule has 7 heteroatoms. The molecule has 0 atom stereocenters. The minimum atomic E-state index is -0.0190. The molecule has 6 nitrogen and oxygen atoms in total. The lowest BCUT2D eigenvalue weighted by atomic mass is 10.1. The number of ether oxygens (including phenoxy) is 2. The largest absolute Gasteiger partial charge is 0.493 e. The van der Waals surface area contributed by atoms with Gasteiger partial charge in [0.25, 0.3) is 0 Å². The maximum Gasteiger partial charge on any atom is 0.220 e. The summed E-state index contributed by atoms with van der Waals surface area (Å²) in [5, 5.41) is 6.34. The Morgan fingerprint density at radius 3 is 2.60 bits per heavy atom. The summed E-state index contributed by atoms with van der Waals surface area (Å²) in [6.07, 6.45) is 3.05. The molecule has 1 saturated heterocycles. The van der Waals surface area contributed by atoms with Crippen molar-refractivity contribution >= 4 is 24.1 Å². The Bertz CT molecular complexity index is 574. The SMILES string of the molecule is COc1cc(C(C)=O)ccc1OCCCC(=O)NC1CCNCC1.Cl. The molecule has 2 rings (SSSR count). The quantitative estimate of drug-likeness (QED) is 0.542. The number of carbonyl (C=O) groups excluding carboxylic acids is 2. The molecule has 1 amide bonds. The maximum atomic E-state index is 11.9. The Balaban J connectivity index is 0.00000312. The van der Waals surface area contributed by atoms with E-state index in [1.54, 1.807) is 25.3 Å². The summed E-state index contributed by atoms with van der Waals surface area (Å²) in [4.78, 5) is 23.3. The highest BCUT2D eigenvalue weighted by Gasteiger charge is 2.15.